The molecule has 0 saturated carbocycles. The number of alkyl halides is 3. The fourth-order valence-electron chi connectivity index (χ4n) is 3.98. The maximum Gasteiger partial charge on any atom is 0.435 e. The van der Waals surface area contributed by atoms with Crippen molar-refractivity contribution in [3.63, 3.8) is 0 Å². The van der Waals surface area contributed by atoms with Crippen molar-refractivity contribution < 1.29 is 27.1 Å². The normalized spacial score (nSPS) is 14.4. The standard InChI is InChI=1S/C25H29F3N4O3S/c1-31(17-20-6-3-13-35-20)10-8-21-30-23(25(26,27)28)22(36-21)24(33)29-9-7-18-4-2-5-19(16-18)32-11-14-34-15-12-32/h2-6,13,16H,7-12,14-15,17H2,1H3,(H,29,33). The number of thiazole rings is 1. The Labute approximate surface area is 211 Å². The minimum absolute atomic E-state index is 0.224. The lowest BCUT2D eigenvalue weighted by Crippen LogP contribution is -2.36. The van der Waals surface area contributed by atoms with Crippen molar-refractivity contribution in [2.75, 3.05) is 51.3 Å². The number of halogens is 3. The van der Waals surface area contributed by atoms with Crippen LogP contribution in [0.4, 0.5) is 18.9 Å². The van der Waals surface area contributed by atoms with Gasteiger partial charge in [0, 0.05) is 38.3 Å². The van der Waals surface area contributed by atoms with E-state index in [4.69, 9.17) is 9.15 Å². The highest BCUT2D eigenvalue weighted by Gasteiger charge is 2.39. The van der Waals surface area contributed by atoms with Gasteiger partial charge in [-0.2, -0.15) is 13.2 Å². The third kappa shape index (κ3) is 7.08. The van der Waals surface area contributed by atoms with Gasteiger partial charge in [-0.15, -0.1) is 11.3 Å². The van der Waals surface area contributed by atoms with Gasteiger partial charge in [0.2, 0.25) is 0 Å². The van der Waals surface area contributed by atoms with Crippen molar-refractivity contribution in [1.29, 1.82) is 0 Å². The molecule has 1 aliphatic rings. The van der Waals surface area contributed by atoms with E-state index in [0.29, 0.717) is 39.1 Å². The predicted molar refractivity (Wildman–Crippen MR) is 131 cm³/mol. The number of benzene rings is 1. The summed E-state index contributed by atoms with van der Waals surface area (Å²) in [5.74, 6) is 0.0162. The number of furan rings is 1. The number of nitrogens with one attached hydrogen (secondary N) is 1. The smallest absolute Gasteiger partial charge is 0.435 e. The zero-order chi connectivity index (χ0) is 25.5. The van der Waals surface area contributed by atoms with E-state index in [1.165, 1.54) is 0 Å². The number of amides is 1. The van der Waals surface area contributed by atoms with Crippen LogP contribution in [0.3, 0.4) is 0 Å². The number of nitrogens with zero attached hydrogens (tertiary/aromatic N) is 3. The second kappa shape index (κ2) is 11.9. The fraction of sp³-hybridized carbons (Fsp3) is 0.440. The van der Waals surface area contributed by atoms with Crippen LogP contribution >= 0.6 is 11.3 Å². The number of carbonyl (C=O) groups excluding carboxylic acids is 1. The summed E-state index contributed by atoms with van der Waals surface area (Å²) >= 11 is 0.800. The summed E-state index contributed by atoms with van der Waals surface area (Å²) < 4.78 is 51.5. The highest BCUT2D eigenvalue weighted by molar-refractivity contribution is 7.13. The summed E-state index contributed by atoms with van der Waals surface area (Å²) in [7, 11) is 1.85. The van der Waals surface area contributed by atoms with E-state index >= 15 is 0 Å². The SMILES string of the molecule is CN(CCc1nc(C(F)(F)F)c(C(=O)NCCc2cccc(N3CCOCC3)c2)s1)Cc1ccco1. The van der Waals surface area contributed by atoms with Crippen LogP contribution in [0.1, 0.15) is 31.7 Å². The first-order chi connectivity index (χ1) is 17.3. The third-order valence-electron chi connectivity index (χ3n) is 5.85. The fourth-order valence-corrected chi connectivity index (χ4v) is 4.97. The number of hydrogen-bond acceptors (Lipinski definition) is 7. The van der Waals surface area contributed by atoms with Crippen LogP contribution in [0, 0.1) is 0 Å². The second-order valence-corrected chi connectivity index (χ2v) is 9.71. The molecule has 1 aromatic carbocycles. The lowest BCUT2D eigenvalue weighted by molar-refractivity contribution is -0.141. The molecule has 0 atom stereocenters. The summed E-state index contributed by atoms with van der Waals surface area (Å²) in [6, 6.07) is 11.6. The number of aromatic nitrogens is 1. The van der Waals surface area contributed by atoms with Crippen LogP contribution in [-0.4, -0.2) is 62.2 Å². The predicted octanol–water partition coefficient (Wildman–Crippen LogP) is 4.24. The second-order valence-electron chi connectivity index (χ2n) is 8.63. The van der Waals surface area contributed by atoms with Crippen LogP contribution in [0.5, 0.6) is 0 Å². The van der Waals surface area contributed by atoms with Crippen LogP contribution in [0.2, 0.25) is 0 Å². The summed E-state index contributed by atoms with van der Waals surface area (Å²) in [5.41, 5.74) is 0.952. The molecule has 0 unspecified atom stereocenters. The lowest BCUT2D eigenvalue weighted by Gasteiger charge is -2.29. The van der Waals surface area contributed by atoms with E-state index < -0.39 is 22.7 Å². The van der Waals surface area contributed by atoms with E-state index in [0.717, 1.165) is 41.4 Å². The minimum atomic E-state index is -4.70. The Morgan fingerprint density at radius 1 is 1.19 bits per heavy atom. The Kier molecular flexibility index (Phi) is 8.65. The van der Waals surface area contributed by atoms with Crippen molar-refractivity contribution in [3.05, 3.63) is 69.6 Å². The number of carbonyl (C=O) groups is 1. The Hall–Kier alpha value is -2.89. The minimum Gasteiger partial charge on any atom is -0.468 e. The van der Waals surface area contributed by atoms with Crippen molar-refractivity contribution in [1.82, 2.24) is 15.2 Å². The maximum absolute atomic E-state index is 13.6. The van der Waals surface area contributed by atoms with Gasteiger partial charge in [0.25, 0.3) is 5.91 Å². The van der Waals surface area contributed by atoms with E-state index in [2.05, 4.69) is 15.2 Å². The summed E-state index contributed by atoms with van der Waals surface area (Å²) in [6.07, 6.45) is -2.32. The molecule has 7 nitrogen and oxygen atoms in total. The molecule has 1 aliphatic heterocycles. The van der Waals surface area contributed by atoms with Crippen molar-refractivity contribution in [2.45, 2.75) is 25.6 Å². The van der Waals surface area contributed by atoms with E-state index in [-0.39, 0.29) is 11.6 Å². The first-order valence-electron chi connectivity index (χ1n) is 11.8. The first kappa shape index (κ1) is 26.2. The lowest BCUT2D eigenvalue weighted by atomic mass is 10.1. The highest BCUT2D eigenvalue weighted by atomic mass is 32.1. The van der Waals surface area contributed by atoms with Crippen molar-refractivity contribution in [3.8, 4) is 0 Å². The number of anilines is 1. The molecule has 1 fully saturated rings. The number of rotatable bonds is 10. The Balaban J connectivity index is 1.34. The Morgan fingerprint density at radius 2 is 2.00 bits per heavy atom. The molecule has 0 aliphatic carbocycles. The average molecular weight is 523 g/mol. The summed E-state index contributed by atoms with van der Waals surface area (Å²) in [5, 5.41) is 2.92. The third-order valence-corrected chi connectivity index (χ3v) is 6.96. The number of ether oxygens (including phenoxy) is 1. The summed E-state index contributed by atoms with van der Waals surface area (Å²) in [6.45, 7) is 4.22. The quantitative estimate of drug-likeness (QED) is 0.430. The average Bonchev–Trinajstić information content (AvgIpc) is 3.53. The Morgan fingerprint density at radius 3 is 2.72 bits per heavy atom. The molecule has 0 bridgehead atoms. The highest BCUT2D eigenvalue weighted by Crippen LogP contribution is 2.34. The van der Waals surface area contributed by atoms with Gasteiger partial charge in [0.05, 0.1) is 31.0 Å². The van der Waals surface area contributed by atoms with Crippen LogP contribution in [0.25, 0.3) is 0 Å². The molecular weight excluding hydrogens is 493 g/mol. The molecule has 3 heterocycles. The van der Waals surface area contributed by atoms with Crippen molar-refractivity contribution >= 4 is 22.9 Å². The van der Waals surface area contributed by atoms with Gasteiger partial charge in [0.15, 0.2) is 5.69 Å². The van der Waals surface area contributed by atoms with Gasteiger partial charge in [-0.1, -0.05) is 12.1 Å². The molecule has 4 rings (SSSR count). The van der Waals surface area contributed by atoms with E-state index in [1.807, 2.05) is 42.3 Å². The van der Waals surface area contributed by atoms with E-state index in [9.17, 15) is 18.0 Å². The summed E-state index contributed by atoms with van der Waals surface area (Å²) in [4.78, 5) is 20.2. The molecule has 1 amide bonds. The van der Waals surface area contributed by atoms with Gasteiger partial charge >= 0.3 is 6.18 Å². The molecule has 0 spiro atoms. The first-order valence-corrected chi connectivity index (χ1v) is 12.6. The molecule has 194 valence electrons. The largest absolute Gasteiger partial charge is 0.468 e. The molecule has 11 heteroatoms. The van der Waals surface area contributed by atoms with E-state index in [1.54, 1.807) is 12.3 Å². The van der Waals surface area contributed by atoms with Gasteiger partial charge in [-0.25, -0.2) is 4.98 Å². The molecule has 2 aromatic heterocycles. The van der Waals surface area contributed by atoms with Crippen LogP contribution in [-0.2, 0) is 30.3 Å². The molecule has 0 radical (unpaired) electrons. The molecule has 3 aromatic rings. The number of likely N-dealkylation sites (N-methyl/N-ethyl adjacent to an activating group) is 1. The monoisotopic (exact) mass is 522 g/mol. The van der Waals surface area contributed by atoms with Gasteiger partial charge in [-0.3, -0.25) is 9.69 Å². The number of morpholine rings is 1. The topological polar surface area (TPSA) is 70.8 Å². The molecule has 1 saturated heterocycles. The maximum atomic E-state index is 13.6. The zero-order valence-electron chi connectivity index (χ0n) is 20.0. The Bertz CT molecular complexity index is 1130. The van der Waals surface area contributed by atoms with Gasteiger partial charge < -0.3 is 19.4 Å². The molecule has 36 heavy (non-hydrogen) atoms. The molecule has 1 N–H and O–H groups in total. The van der Waals surface area contributed by atoms with Crippen molar-refractivity contribution in [2.24, 2.45) is 0 Å². The van der Waals surface area contributed by atoms with Gasteiger partial charge in [-0.05, 0) is 43.3 Å². The zero-order valence-corrected chi connectivity index (χ0v) is 20.8. The van der Waals surface area contributed by atoms with Gasteiger partial charge in [0.1, 0.15) is 10.6 Å². The molecular formula is C25H29F3N4O3S. The number of hydrogen-bond donors (Lipinski definition) is 1. The van der Waals surface area contributed by atoms with Crippen LogP contribution in [0.15, 0.2) is 47.1 Å². The van der Waals surface area contributed by atoms with Crippen LogP contribution < -0.4 is 10.2 Å².